The Balaban J connectivity index is 1.93. The first-order valence-corrected chi connectivity index (χ1v) is 8.61. The van der Waals surface area contributed by atoms with Gasteiger partial charge < -0.3 is 4.90 Å². The van der Waals surface area contributed by atoms with Gasteiger partial charge in [0.2, 0.25) is 0 Å². The van der Waals surface area contributed by atoms with Crippen LogP contribution in [0.25, 0.3) is 0 Å². The highest BCUT2D eigenvalue weighted by Crippen LogP contribution is 2.32. The van der Waals surface area contributed by atoms with Crippen LogP contribution < -0.4 is 4.90 Å². The quantitative estimate of drug-likeness (QED) is 0.454. The van der Waals surface area contributed by atoms with Gasteiger partial charge >= 0.3 is 0 Å². The van der Waals surface area contributed by atoms with Crippen molar-refractivity contribution in [2.45, 2.75) is 33.6 Å². The molecule has 25 heavy (non-hydrogen) atoms. The van der Waals surface area contributed by atoms with Crippen LogP contribution in [0.1, 0.15) is 35.1 Å². The molecule has 3 rings (SSSR count). The molecule has 0 bridgehead atoms. The summed E-state index contributed by atoms with van der Waals surface area (Å²) in [5.41, 5.74) is 5.96. The lowest BCUT2D eigenvalue weighted by Gasteiger charge is -2.17. The van der Waals surface area contributed by atoms with Crippen LogP contribution in [0.3, 0.4) is 0 Å². The molecule has 5 heteroatoms. The molecule has 1 fully saturated rings. The van der Waals surface area contributed by atoms with Crippen LogP contribution in [-0.4, -0.2) is 24.2 Å². The lowest BCUT2D eigenvalue weighted by Crippen LogP contribution is -2.18. The number of anilines is 1. The minimum absolute atomic E-state index is 0.156. The summed E-state index contributed by atoms with van der Waals surface area (Å²) in [4.78, 5) is 17.9. The Kier molecular flexibility index (Phi) is 4.83. The van der Waals surface area contributed by atoms with Crippen molar-refractivity contribution < 1.29 is 4.92 Å². The third-order valence-electron chi connectivity index (χ3n) is 4.62. The summed E-state index contributed by atoms with van der Waals surface area (Å²) >= 11 is 0. The number of hydrogen-bond donors (Lipinski definition) is 0. The molecule has 0 amide bonds. The van der Waals surface area contributed by atoms with Crippen LogP contribution in [-0.2, 0) is 0 Å². The molecule has 2 aromatic carbocycles. The molecule has 5 nitrogen and oxygen atoms in total. The van der Waals surface area contributed by atoms with Crippen molar-refractivity contribution in [3.63, 3.8) is 0 Å². The molecule has 1 heterocycles. The van der Waals surface area contributed by atoms with Gasteiger partial charge in [-0.05, 0) is 56.4 Å². The fraction of sp³-hybridized carbons (Fsp3) is 0.350. The van der Waals surface area contributed by atoms with Gasteiger partial charge in [0.05, 0.1) is 10.6 Å². The highest BCUT2D eigenvalue weighted by molar-refractivity contribution is 5.85. The van der Waals surface area contributed by atoms with E-state index < -0.39 is 0 Å². The molecule has 0 spiro atoms. The van der Waals surface area contributed by atoms with E-state index >= 15 is 0 Å². The van der Waals surface area contributed by atoms with Crippen LogP contribution in [0.5, 0.6) is 0 Å². The second-order valence-corrected chi connectivity index (χ2v) is 6.70. The number of aryl methyl sites for hydroxylation is 3. The smallest absolute Gasteiger partial charge is 0.293 e. The topological polar surface area (TPSA) is 58.7 Å². The standard InChI is InChI=1S/C20H23N3O2/c1-14-10-15(2)20(16(3)11-14)21-13-17-6-7-18(19(12-17)23(24)25)22-8-4-5-9-22/h6-7,10-13H,4-5,8-9H2,1-3H3. The van der Waals surface area contributed by atoms with Gasteiger partial charge in [0.1, 0.15) is 5.69 Å². The van der Waals surface area contributed by atoms with E-state index in [2.05, 4.69) is 28.9 Å². The van der Waals surface area contributed by atoms with Crippen molar-refractivity contribution in [1.29, 1.82) is 0 Å². The molecular weight excluding hydrogens is 314 g/mol. The second kappa shape index (κ2) is 7.05. The fourth-order valence-corrected chi connectivity index (χ4v) is 3.51. The predicted molar refractivity (Wildman–Crippen MR) is 102 cm³/mol. The molecule has 130 valence electrons. The Labute approximate surface area is 148 Å². The van der Waals surface area contributed by atoms with Crippen LogP contribution >= 0.6 is 0 Å². The summed E-state index contributed by atoms with van der Waals surface area (Å²) in [6.45, 7) is 7.90. The van der Waals surface area contributed by atoms with Gasteiger partial charge in [-0.3, -0.25) is 15.1 Å². The SMILES string of the molecule is Cc1cc(C)c(N=Cc2ccc(N3CCCC3)c([N+](=O)[O-])c2)c(C)c1. The van der Waals surface area contributed by atoms with Gasteiger partial charge in [0, 0.05) is 25.4 Å². The number of hydrogen-bond acceptors (Lipinski definition) is 4. The fourth-order valence-electron chi connectivity index (χ4n) is 3.51. The number of aliphatic imine (C=N–C) groups is 1. The minimum atomic E-state index is -0.298. The Morgan fingerprint density at radius 3 is 2.32 bits per heavy atom. The summed E-state index contributed by atoms with van der Waals surface area (Å²) in [6.07, 6.45) is 3.89. The van der Waals surface area contributed by atoms with Gasteiger partial charge in [-0.25, -0.2) is 0 Å². The summed E-state index contributed by atoms with van der Waals surface area (Å²) in [7, 11) is 0. The van der Waals surface area contributed by atoms with Crippen molar-refractivity contribution in [3.05, 3.63) is 62.7 Å². The van der Waals surface area contributed by atoms with E-state index in [1.54, 1.807) is 12.3 Å². The average molecular weight is 337 g/mol. The predicted octanol–water partition coefficient (Wildman–Crippen LogP) is 4.87. The van der Waals surface area contributed by atoms with Gasteiger partial charge in [-0.15, -0.1) is 0 Å². The molecule has 0 atom stereocenters. The third-order valence-corrected chi connectivity index (χ3v) is 4.62. The van der Waals surface area contributed by atoms with Crippen LogP contribution in [0.15, 0.2) is 35.3 Å². The summed E-state index contributed by atoms with van der Waals surface area (Å²) in [6, 6.07) is 9.57. The molecule has 0 unspecified atom stereocenters. The molecule has 0 saturated carbocycles. The van der Waals surface area contributed by atoms with Gasteiger partial charge in [-0.2, -0.15) is 0 Å². The first-order valence-electron chi connectivity index (χ1n) is 8.61. The minimum Gasteiger partial charge on any atom is -0.366 e. The molecule has 1 saturated heterocycles. The number of nitro benzene ring substituents is 1. The van der Waals surface area contributed by atoms with E-state index in [1.165, 1.54) is 5.56 Å². The zero-order valence-electron chi connectivity index (χ0n) is 15.0. The largest absolute Gasteiger partial charge is 0.366 e. The molecular formula is C20H23N3O2. The van der Waals surface area contributed by atoms with Gasteiger partial charge in [0.25, 0.3) is 5.69 Å². The van der Waals surface area contributed by atoms with E-state index in [-0.39, 0.29) is 10.6 Å². The van der Waals surface area contributed by atoms with Crippen molar-refractivity contribution in [3.8, 4) is 0 Å². The Morgan fingerprint density at radius 2 is 1.72 bits per heavy atom. The summed E-state index contributed by atoms with van der Waals surface area (Å²) < 4.78 is 0. The Bertz CT molecular complexity index is 814. The first-order chi connectivity index (χ1) is 12.0. The van der Waals surface area contributed by atoms with Gasteiger partial charge in [0.15, 0.2) is 0 Å². The van der Waals surface area contributed by atoms with Gasteiger partial charge in [-0.1, -0.05) is 23.8 Å². The van der Waals surface area contributed by atoms with Crippen molar-refractivity contribution in [2.75, 3.05) is 18.0 Å². The maximum Gasteiger partial charge on any atom is 0.293 e. The maximum absolute atomic E-state index is 11.5. The Hall–Kier alpha value is -2.69. The van der Waals surface area contributed by atoms with Crippen LogP contribution in [0, 0.1) is 30.9 Å². The van der Waals surface area contributed by atoms with Crippen molar-refractivity contribution in [1.82, 2.24) is 0 Å². The number of benzene rings is 2. The normalized spacial score (nSPS) is 14.4. The molecule has 0 N–H and O–H groups in total. The Morgan fingerprint density at radius 1 is 1.08 bits per heavy atom. The van der Waals surface area contributed by atoms with E-state index in [0.717, 1.165) is 48.3 Å². The van der Waals surface area contributed by atoms with Crippen molar-refractivity contribution in [2.24, 2.45) is 4.99 Å². The lowest BCUT2D eigenvalue weighted by molar-refractivity contribution is -0.384. The monoisotopic (exact) mass is 337 g/mol. The maximum atomic E-state index is 11.5. The molecule has 1 aliphatic heterocycles. The lowest BCUT2D eigenvalue weighted by atomic mass is 10.1. The highest BCUT2D eigenvalue weighted by atomic mass is 16.6. The van der Waals surface area contributed by atoms with Crippen molar-refractivity contribution >= 4 is 23.3 Å². The molecule has 0 aromatic heterocycles. The molecule has 2 aromatic rings. The molecule has 0 aliphatic carbocycles. The van der Waals surface area contributed by atoms with Crippen LogP contribution in [0.2, 0.25) is 0 Å². The second-order valence-electron chi connectivity index (χ2n) is 6.70. The van der Waals surface area contributed by atoms with E-state index in [9.17, 15) is 10.1 Å². The van der Waals surface area contributed by atoms with E-state index in [0.29, 0.717) is 5.69 Å². The summed E-state index contributed by atoms with van der Waals surface area (Å²) in [5, 5.41) is 11.5. The first kappa shape index (κ1) is 17.1. The average Bonchev–Trinajstić information content (AvgIpc) is 3.08. The highest BCUT2D eigenvalue weighted by Gasteiger charge is 2.22. The van der Waals surface area contributed by atoms with E-state index in [1.807, 2.05) is 26.0 Å². The third kappa shape index (κ3) is 3.71. The van der Waals surface area contributed by atoms with E-state index in [4.69, 9.17) is 0 Å². The summed E-state index contributed by atoms with van der Waals surface area (Å²) in [5.74, 6) is 0. The number of rotatable bonds is 4. The number of nitro groups is 1. The molecule has 0 radical (unpaired) electrons. The van der Waals surface area contributed by atoms with Crippen LogP contribution in [0.4, 0.5) is 17.1 Å². The zero-order valence-corrected chi connectivity index (χ0v) is 15.0. The zero-order chi connectivity index (χ0) is 18.0. The molecule has 1 aliphatic rings. The number of nitrogens with zero attached hydrogens (tertiary/aromatic N) is 3.